The fraction of sp³-hybridized carbons (Fsp3) is 0.333. The Hall–Kier alpha value is -2.36. The van der Waals surface area contributed by atoms with E-state index in [0.29, 0.717) is 13.1 Å². The highest BCUT2D eigenvalue weighted by Crippen LogP contribution is 2.10. The van der Waals surface area contributed by atoms with Crippen molar-refractivity contribution < 1.29 is 9.18 Å². The smallest absolute Gasteiger partial charge is 0.319 e. The lowest BCUT2D eigenvalue weighted by Crippen LogP contribution is -2.38. The minimum absolute atomic E-state index is 0. The summed E-state index contributed by atoms with van der Waals surface area (Å²) in [6, 6.07) is 13.9. The molecule has 2 aromatic rings. The van der Waals surface area contributed by atoms with E-state index in [1.165, 1.54) is 12.1 Å². The van der Waals surface area contributed by atoms with E-state index < -0.39 is 0 Å². The SMILES string of the molecule is CN=C(NCc1ccc(NC(=O)NC(C)C)cc1)N(C)Cc1ccc(F)cc1.I. The number of aliphatic imine (C=N–C) groups is 1. The number of hydrogen-bond donors (Lipinski definition) is 3. The van der Waals surface area contributed by atoms with Crippen molar-refractivity contribution in [2.24, 2.45) is 4.99 Å². The molecule has 2 rings (SSSR count). The van der Waals surface area contributed by atoms with E-state index in [2.05, 4.69) is 20.9 Å². The van der Waals surface area contributed by atoms with Gasteiger partial charge in [-0.1, -0.05) is 24.3 Å². The van der Waals surface area contributed by atoms with Crippen LogP contribution in [0.3, 0.4) is 0 Å². The first kappa shape index (κ1) is 24.7. The summed E-state index contributed by atoms with van der Waals surface area (Å²) in [5, 5.41) is 8.89. The highest BCUT2D eigenvalue weighted by molar-refractivity contribution is 14.0. The fourth-order valence-electron chi connectivity index (χ4n) is 2.64. The van der Waals surface area contributed by atoms with Gasteiger partial charge < -0.3 is 20.9 Å². The Balaban J connectivity index is 0.00000420. The van der Waals surface area contributed by atoms with Crippen LogP contribution in [0.25, 0.3) is 0 Å². The zero-order valence-electron chi connectivity index (χ0n) is 17.2. The summed E-state index contributed by atoms with van der Waals surface area (Å²) in [6.45, 7) is 5.04. The second kappa shape index (κ2) is 12.3. The molecule has 6 nitrogen and oxygen atoms in total. The van der Waals surface area contributed by atoms with Crippen molar-refractivity contribution in [3.63, 3.8) is 0 Å². The molecule has 2 aromatic carbocycles. The summed E-state index contributed by atoms with van der Waals surface area (Å²) in [7, 11) is 3.66. The van der Waals surface area contributed by atoms with Crippen molar-refractivity contribution in [3.05, 3.63) is 65.5 Å². The molecule has 0 fully saturated rings. The van der Waals surface area contributed by atoms with Gasteiger partial charge in [-0.25, -0.2) is 9.18 Å². The Morgan fingerprint density at radius 3 is 2.21 bits per heavy atom. The van der Waals surface area contributed by atoms with Crippen LogP contribution < -0.4 is 16.0 Å². The Kier molecular flexibility index (Phi) is 10.4. The molecule has 0 saturated carbocycles. The number of anilines is 1. The van der Waals surface area contributed by atoms with E-state index in [-0.39, 0.29) is 41.9 Å². The van der Waals surface area contributed by atoms with Gasteiger partial charge in [0.05, 0.1) is 0 Å². The summed E-state index contributed by atoms with van der Waals surface area (Å²) >= 11 is 0. The number of halogens is 2. The van der Waals surface area contributed by atoms with E-state index in [9.17, 15) is 9.18 Å². The van der Waals surface area contributed by atoms with E-state index in [4.69, 9.17) is 0 Å². The maximum atomic E-state index is 13.0. The van der Waals surface area contributed by atoms with Crippen molar-refractivity contribution in [1.29, 1.82) is 0 Å². The summed E-state index contributed by atoms with van der Waals surface area (Å²) in [5.41, 5.74) is 2.80. The third-order valence-electron chi connectivity index (χ3n) is 3.99. The molecule has 0 aliphatic rings. The molecule has 0 saturated heterocycles. The first-order valence-electron chi connectivity index (χ1n) is 9.20. The van der Waals surface area contributed by atoms with Crippen molar-refractivity contribution in [2.75, 3.05) is 19.4 Å². The van der Waals surface area contributed by atoms with Crippen LogP contribution in [0.2, 0.25) is 0 Å². The molecule has 0 spiro atoms. The molecular formula is C21H29FIN5O. The van der Waals surface area contributed by atoms with E-state index >= 15 is 0 Å². The molecule has 2 amide bonds. The largest absolute Gasteiger partial charge is 0.352 e. The van der Waals surface area contributed by atoms with Gasteiger partial charge in [0.2, 0.25) is 0 Å². The van der Waals surface area contributed by atoms with Crippen LogP contribution in [0, 0.1) is 5.82 Å². The number of guanidine groups is 1. The van der Waals surface area contributed by atoms with Crippen molar-refractivity contribution in [2.45, 2.75) is 33.0 Å². The molecule has 0 unspecified atom stereocenters. The Morgan fingerprint density at radius 1 is 1.07 bits per heavy atom. The first-order chi connectivity index (χ1) is 13.4. The molecule has 0 aliphatic heterocycles. The third-order valence-corrected chi connectivity index (χ3v) is 3.99. The molecule has 0 atom stereocenters. The minimum atomic E-state index is -0.242. The number of nitrogens with one attached hydrogen (secondary N) is 3. The van der Waals surface area contributed by atoms with Crippen molar-refractivity contribution in [1.82, 2.24) is 15.5 Å². The molecule has 0 aromatic heterocycles. The van der Waals surface area contributed by atoms with Gasteiger partial charge in [-0.2, -0.15) is 0 Å². The van der Waals surface area contributed by atoms with Crippen molar-refractivity contribution in [3.8, 4) is 0 Å². The van der Waals surface area contributed by atoms with E-state index in [1.54, 1.807) is 19.2 Å². The van der Waals surface area contributed by atoms with E-state index in [1.807, 2.05) is 50.1 Å². The molecule has 0 bridgehead atoms. The average molecular weight is 513 g/mol. The number of hydrogen-bond acceptors (Lipinski definition) is 2. The molecule has 0 heterocycles. The van der Waals surface area contributed by atoms with Gasteiger partial charge in [0.1, 0.15) is 5.82 Å². The van der Waals surface area contributed by atoms with Gasteiger partial charge in [0.15, 0.2) is 5.96 Å². The molecular weight excluding hydrogens is 484 g/mol. The zero-order chi connectivity index (χ0) is 20.5. The van der Waals surface area contributed by atoms with Crippen LogP contribution in [-0.2, 0) is 13.1 Å². The number of nitrogens with zero attached hydrogens (tertiary/aromatic N) is 2. The second-order valence-electron chi connectivity index (χ2n) is 6.83. The first-order valence-corrected chi connectivity index (χ1v) is 9.20. The Bertz CT molecular complexity index is 794. The highest BCUT2D eigenvalue weighted by atomic mass is 127. The van der Waals surface area contributed by atoms with Gasteiger partial charge in [-0.05, 0) is 49.2 Å². The van der Waals surface area contributed by atoms with Crippen LogP contribution in [0.15, 0.2) is 53.5 Å². The fourth-order valence-corrected chi connectivity index (χ4v) is 2.64. The topological polar surface area (TPSA) is 68.8 Å². The lowest BCUT2D eigenvalue weighted by Gasteiger charge is -2.22. The predicted octanol–water partition coefficient (Wildman–Crippen LogP) is 4.18. The third kappa shape index (κ3) is 8.68. The van der Waals surface area contributed by atoms with Crippen molar-refractivity contribution >= 4 is 41.7 Å². The Morgan fingerprint density at radius 2 is 1.66 bits per heavy atom. The zero-order valence-corrected chi connectivity index (χ0v) is 19.5. The second-order valence-corrected chi connectivity index (χ2v) is 6.83. The van der Waals surface area contributed by atoms with E-state index in [0.717, 1.165) is 22.8 Å². The summed E-state index contributed by atoms with van der Waals surface area (Å²) in [6.07, 6.45) is 0. The van der Waals surface area contributed by atoms with Crippen LogP contribution >= 0.6 is 24.0 Å². The highest BCUT2D eigenvalue weighted by Gasteiger charge is 2.07. The molecule has 3 N–H and O–H groups in total. The number of rotatable bonds is 6. The number of benzene rings is 2. The predicted molar refractivity (Wildman–Crippen MR) is 127 cm³/mol. The maximum Gasteiger partial charge on any atom is 0.319 e. The van der Waals surface area contributed by atoms with Gasteiger partial charge in [-0.15, -0.1) is 24.0 Å². The number of urea groups is 1. The molecule has 158 valence electrons. The molecule has 0 aliphatic carbocycles. The standard InChI is InChI=1S/C21H28FN5O.HI/c1-15(2)25-21(28)26-19-11-7-16(8-12-19)13-24-20(23-3)27(4)14-17-5-9-18(22)10-6-17;/h5-12,15H,13-14H2,1-4H3,(H,23,24)(H2,25,26,28);1H. The Labute approximate surface area is 189 Å². The summed E-state index contributed by atoms with van der Waals surface area (Å²) in [4.78, 5) is 18.0. The number of amides is 2. The lowest BCUT2D eigenvalue weighted by atomic mass is 10.2. The van der Waals surface area contributed by atoms with Crippen LogP contribution in [0.1, 0.15) is 25.0 Å². The van der Waals surface area contributed by atoms with Crippen LogP contribution in [0.4, 0.5) is 14.9 Å². The van der Waals surface area contributed by atoms with Gasteiger partial charge in [0, 0.05) is 38.9 Å². The number of carbonyl (C=O) groups is 1. The minimum Gasteiger partial charge on any atom is -0.352 e. The van der Waals surface area contributed by atoms with Crippen LogP contribution in [0.5, 0.6) is 0 Å². The number of carbonyl (C=O) groups excluding carboxylic acids is 1. The quantitative estimate of drug-likeness (QED) is 0.309. The van der Waals surface area contributed by atoms with Gasteiger partial charge >= 0.3 is 6.03 Å². The molecule has 8 heteroatoms. The molecule has 29 heavy (non-hydrogen) atoms. The maximum absolute atomic E-state index is 13.0. The lowest BCUT2D eigenvalue weighted by molar-refractivity contribution is 0.250. The monoisotopic (exact) mass is 513 g/mol. The summed E-state index contributed by atoms with van der Waals surface area (Å²) in [5.74, 6) is 0.497. The van der Waals surface area contributed by atoms with Gasteiger partial charge in [-0.3, -0.25) is 4.99 Å². The van der Waals surface area contributed by atoms with Crippen LogP contribution in [-0.4, -0.2) is 37.0 Å². The normalized spacial score (nSPS) is 10.9. The molecule has 0 radical (unpaired) electrons. The van der Waals surface area contributed by atoms with Gasteiger partial charge in [0.25, 0.3) is 0 Å². The average Bonchev–Trinajstić information content (AvgIpc) is 2.64. The summed E-state index contributed by atoms with van der Waals surface area (Å²) < 4.78 is 13.0.